The van der Waals surface area contributed by atoms with Crippen LogP contribution in [0.1, 0.15) is 70.6 Å². The molecule has 2 N–H and O–H groups in total. The van der Waals surface area contributed by atoms with Crippen molar-refractivity contribution in [1.29, 1.82) is 0 Å². The molecule has 2 heteroatoms. The Kier molecular flexibility index (Phi) is 9.30. The van der Waals surface area contributed by atoms with Crippen LogP contribution in [0.25, 0.3) is 0 Å². The van der Waals surface area contributed by atoms with E-state index in [1.165, 1.54) is 5.70 Å². The van der Waals surface area contributed by atoms with Crippen LogP contribution in [-0.4, -0.2) is 12.1 Å². The summed E-state index contributed by atoms with van der Waals surface area (Å²) in [5.41, 5.74) is 12.2. The van der Waals surface area contributed by atoms with Gasteiger partial charge in [-0.05, 0) is 74.0 Å². The summed E-state index contributed by atoms with van der Waals surface area (Å²) >= 11 is 0. The predicted octanol–water partition coefficient (Wildman–Crippen LogP) is 5.84. The molecule has 0 aromatic rings. The van der Waals surface area contributed by atoms with Gasteiger partial charge in [0, 0.05) is 43.8 Å². The van der Waals surface area contributed by atoms with E-state index in [-0.39, 0.29) is 0 Å². The SMILES string of the molecule is C1=C=C(NC2CCCC#CCC(C3CC=C=CC(N/C4=C/CC#C/C=C\C4)C3)C2)CC#CCC=1. The van der Waals surface area contributed by atoms with Gasteiger partial charge in [-0.3, -0.25) is 0 Å². The van der Waals surface area contributed by atoms with Gasteiger partial charge in [-0.25, -0.2) is 0 Å². The summed E-state index contributed by atoms with van der Waals surface area (Å²) in [5.74, 6) is 20.7. The van der Waals surface area contributed by atoms with Crippen LogP contribution in [0.3, 0.4) is 0 Å². The molecule has 0 aromatic carbocycles. The third kappa shape index (κ3) is 7.86. The maximum atomic E-state index is 3.78. The maximum Gasteiger partial charge on any atom is 0.0745 e. The number of allylic oxidation sites excluding steroid dienone is 5. The van der Waals surface area contributed by atoms with Crippen LogP contribution in [0.15, 0.2) is 65.0 Å². The minimum Gasteiger partial charge on any atom is -0.381 e. The van der Waals surface area contributed by atoms with Crippen molar-refractivity contribution in [3.63, 3.8) is 0 Å². The van der Waals surface area contributed by atoms with Crippen molar-refractivity contribution in [3.05, 3.63) is 65.0 Å². The van der Waals surface area contributed by atoms with Crippen LogP contribution < -0.4 is 10.6 Å². The van der Waals surface area contributed by atoms with Gasteiger partial charge in [0.15, 0.2) is 0 Å². The lowest BCUT2D eigenvalue weighted by Crippen LogP contribution is -2.35. The van der Waals surface area contributed by atoms with Crippen molar-refractivity contribution in [2.75, 3.05) is 0 Å². The third-order valence-electron chi connectivity index (χ3n) is 6.75. The van der Waals surface area contributed by atoms with Crippen LogP contribution in [0.2, 0.25) is 0 Å². The Morgan fingerprint density at radius 3 is 2.91 bits per heavy atom. The predicted molar refractivity (Wildman–Crippen MR) is 140 cm³/mol. The van der Waals surface area contributed by atoms with E-state index in [1.807, 2.05) is 12.2 Å². The molecule has 4 atom stereocenters. The van der Waals surface area contributed by atoms with Crippen molar-refractivity contribution in [2.24, 2.45) is 11.8 Å². The first kappa shape index (κ1) is 23.7. The Balaban J connectivity index is 1.45. The molecule has 0 aromatic heterocycles. The second-order valence-corrected chi connectivity index (χ2v) is 9.35. The van der Waals surface area contributed by atoms with Crippen LogP contribution in [-0.2, 0) is 0 Å². The molecule has 34 heavy (non-hydrogen) atoms. The lowest BCUT2D eigenvalue weighted by Gasteiger charge is -2.31. The Labute approximate surface area is 205 Å². The molecule has 0 fully saturated rings. The molecule has 4 aliphatic carbocycles. The van der Waals surface area contributed by atoms with Gasteiger partial charge in [-0.15, -0.1) is 17.6 Å². The molecule has 0 saturated heterocycles. The van der Waals surface area contributed by atoms with Gasteiger partial charge < -0.3 is 10.6 Å². The van der Waals surface area contributed by atoms with Crippen molar-refractivity contribution in [2.45, 2.75) is 82.7 Å². The molecule has 0 bridgehead atoms. The third-order valence-corrected chi connectivity index (χ3v) is 6.75. The Morgan fingerprint density at radius 2 is 1.91 bits per heavy atom. The molecule has 4 rings (SSSR count). The molecule has 2 nitrogen and oxygen atoms in total. The maximum absolute atomic E-state index is 3.78. The fraction of sp³-hybridized carbons (Fsp3) is 0.469. The summed E-state index contributed by atoms with van der Waals surface area (Å²) in [6, 6.07) is 0.709. The molecule has 0 amide bonds. The Hall–Kier alpha value is -3.42. The highest BCUT2D eigenvalue weighted by Crippen LogP contribution is 2.32. The van der Waals surface area contributed by atoms with Crippen LogP contribution in [0.4, 0.5) is 0 Å². The lowest BCUT2D eigenvalue weighted by atomic mass is 9.79. The summed E-state index contributed by atoms with van der Waals surface area (Å²) in [6.45, 7) is 0. The van der Waals surface area contributed by atoms with E-state index in [2.05, 4.69) is 87.7 Å². The van der Waals surface area contributed by atoms with Crippen molar-refractivity contribution in [1.82, 2.24) is 10.6 Å². The van der Waals surface area contributed by atoms with E-state index < -0.39 is 0 Å². The van der Waals surface area contributed by atoms with Gasteiger partial charge >= 0.3 is 0 Å². The molecule has 172 valence electrons. The Bertz CT molecular complexity index is 1140. The average Bonchev–Trinajstić information content (AvgIpc) is 2.96. The fourth-order valence-corrected chi connectivity index (χ4v) is 4.98. The van der Waals surface area contributed by atoms with Crippen molar-refractivity contribution in [3.8, 4) is 35.5 Å². The van der Waals surface area contributed by atoms with Crippen molar-refractivity contribution < 1.29 is 0 Å². The zero-order valence-electron chi connectivity index (χ0n) is 20.1. The number of hydrogen-bond acceptors (Lipinski definition) is 2. The highest BCUT2D eigenvalue weighted by Gasteiger charge is 2.27. The van der Waals surface area contributed by atoms with E-state index >= 15 is 0 Å². The second kappa shape index (κ2) is 13.3. The smallest absolute Gasteiger partial charge is 0.0745 e. The zero-order chi connectivity index (χ0) is 23.3. The monoisotopic (exact) mass is 446 g/mol. The first-order valence-electron chi connectivity index (χ1n) is 12.7. The van der Waals surface area contributed by atoms with E-state index in [9.17, 15) is 0 Å². The highest BCUT2D eigenvalue weighted by molar-refractivity contribution is 5.24. The van der Waals surface area contributed by atoms with Gasteiger partial charge in [-0.2, -0.15) is 0 Å². The number of hydrogen-bond donors (Lipinski definition) is 2. The van der Waals surface area contributed by atoms with E-state index in [0.717, 1.165) is 76.3 Å². The molecule has 4 unspecified atom stereocenters. The molecule has 0 spiro atoms. The highest BCUT2D eigenvalue weighted by atomic mass is 14.9. The normalized spacial score (nSPS) is 30.5. The van der Waals surface area contributed by atoms with Crippen molar-refractivity contribution >= 4 is 0 Å². The number of rotatable bonds is 5. The minimum absolute atomic E-state index is 0.291. The largest absolute Gasteiger partial charge is 0.381 e. The summed E-state index contributed by atoms with van der Waals surface area (Å²) in [6.07, 6.45) is 23.5. The summed E-state index contributed by atoms with van der Waals surface area (Å²) in [5, 5.41) is 7.56. The first-order chi connectivity index (χ1) is 16.9. The summed E-state index contributed by atoms with van der Waals surface area (Å²) in [7, 11) is 0. The summed E-state index contributed by atoms with van der Waals surface area (Å²) < 4.78 is 0. The van der Waals surface area contributed by atoms with E-state index in [0.29, 0.717) is 23.9 Å². The molecule has 0 aliphatic heterocycles. The molecule has 0 heterocycles. The number of nitrogens with one attached hydrogen (secondary N) is 2. The average molecular weight is 447 g/mol. The standard InChI is InChI=1S/C32H34N2/c1-3-10-19-29(20-11-4-1)33-31-23-14-8-7-9-17-27(25-31)28-18-15-16-24-32(26-28)34-30-21-12-5-2-6-13-22-30/h3,5,12,15,22,24,27-28,31-34H,1,8,13-14,17-18,20-21,23,25-26H2/b12-5-,29-3?,30-22+. The van der Waals surface area contributed by atoms with E-state index in [1.54, 1.807) is 0 Å². The summed E-state index contributed by atoms with van der Waals surface area (Å²) in [4.78, 5) is 0. The molecular formula is C32H34N2. The quantitative estimate of drug-likeness (QED) is 0.410. The van der Waals surface area contributed by atoms with Crippen LogP contribution in [0, 0.1) is 47.4 Å². The van der Waals surface area contributed by atoms with Gasteiger partial charge in [0.05, 0.1) is 18.2 Å². The van der Waals surface area contributed by atoms with E-state index in [4.69, 9.17) is 0 Å². The lowest BCUT2D eigenvalue weighted by molar-refractivity contribution is 0.258. The topological polar surface area (TPSA) is 24.1 Å². The van der Waals surface area contributed by atoms with Crippen LogP contribution in [0.5, 0.6) is 0 Å². The zero-order valence-corrected chi connectivity index (χ0v) is 20.1. The first-order valence-corrected chi connectivity index (χ1v) is 12.7. The van der Waals surface area contributed by atoms with Gasteiger partial charge in [-0.1, -0.05) is 41.6 Å². The van der Waals surface area contributed by atoms with Gasteiger partial charge in [0.1, 0.15) is 0 Å². The van der Waals surface area contributed by atoms with Crippen LogP contribution >= 0.6 is 0 Å². The second-order valence-electron chi connectivity index (χ2n) is 9.35. The van der Waals surface area contributed by atoms with Gasteiger partial charge in [0.2, 0.25) is 0 Å². The molecular weight excluding hydrogens is 412 g/mol. The van der Waals surface area contributed by atoms with Gasteiger partial charge in [0.25, 0.3) is 0 Å². The minimum atomic E-state index is 0.291. The Morgan fingerprint density at radius 1 is 0.912 bits per heavy atom. The molecule has 0 radical (unpaired) electrons. The molecule has 0 saturated carbocycles. The molecule has 4 aliphatic rings. The fourth-order valence-electron chi connectivity index (χ4n) is 4.98.